The Labute approximate surface area is 180 Å². The van der Waals surface area contributed by atoms with Gasteiger partial charge in [0.1, 0.15) is 12.4 Å². The molecule has 0 atom stereocenters. The molecule has 2 aromatic rings. The van der Waals surface area contributed by atoms with E-state index >= 15 is 0 Å². The highest BCUT2D eigenvalue weighted by molar-refractivity contribution is 7.98. The summed E-state index contributed by atoms with van der Waals surface area (Å²) in [5.41, 5.74) is 2.22. The van der Waals surface area contributed by atoms with Crippen LogP contribution in [0.15, 0.2) is 42.5 Å². The molecule has 0 heterocycles. The number of aryl methyl sites for hydroxylation is 1. The van der Waals surface area contributed by atoms with Crippen LogP contribution in [-0.4, -0.2) is 39.4 Å². The summed E-state index contributed by atoms with van der Waals surface area (Å²) >= 11 is 7.77. The zero-order valence-corrected chi connectivity index (χ0v) is 18.7. The van der Waals surface area contributed by atoms with Crippen molar-refractivity contribution in [2.75, 3.05) is 29.4 Å². The molecule has 1 amide bonds. The van der Waals surface area contributed by atoms with Gasteiger partial charge in [-0.1, -0.05) is 29.8 Å². The molecule has 0 aliphatic carbocycles. The molecule has 0 unspecified atom stereocenters. The largest absolute Gasteiger partial charge is 0.354 e. The van der Waals surface area contributed by atoms with Gasteiger partial charge in [-0.25, -0.2) is 12.8 Å². The van der Waals surface area contributed by atoms with Crippen molar-refractivity contribution in [2.45, 2.75) is 19.1 Å². The lowest BCUT2D eigenvalue weighted by molar-refractivity contribution is -0.119. The first-order valence-electron chi connectivity index (χ1n) is 8.99. The molecule has 1 N–H and O–H groups in total. The van der Waals surface area contributed by atoms with E-state index in [1.807, 2.05) is 6.92 Å². The molecule has 0 radical (unpaired) electrons. The third-order valence-electron chi connectivity index (χ3n) is 4.10. The van der Waals surface area contributed by atoms with Crippen molar-refractivity contribution < 1.29 is 17.6 Å². The monoisotopic (exact) mass is 458 g/mol. The van der Waals surface area contributed by atoms with Gasteiger partial charge in [-0.05, 0) is 54.5 Å². The summed E-state index contributed by atoms with van der Waals surface area (Å²) in [6.07, 6.45) is 1.80. The van der Waals surface area contributed by atoms with Gasteiger partial charge in [-0.2, -0.15) is 11.8 Å². The number of anilines is 1. The number of thioether (sulfide) groups is 1. The number of rotatable bonds is 10. The number of hydrogen-bond donors (Lipinski definition) is 1. The van der Waals surface area contributed by atoms with Gasteiger partial charge in [0.05, 0.1) is 11.9 Å². The van der Waals surface area contributed by atoms with E-state index < -0.39 is 10.0 Å². The highest BCUT2D eigenvalue weighted by atomic mass is 35.5. The summed E-state index contributed by atoms with van der Waals surface area (Å²) in [6, 6.07) is 11.3. The van der Waals surface area contributed by atoms with Crippen molar-refractivity contribution in [1.29, 1.82) is 0 Å². The minimum atomic E-state index is -3.63. The van der Waals surface area contributed by atoms with Crippen LogP contribution >= 0.6 is 23.4 Å². The molecule has 0 saturated heterocycles. The summed E-state index contributed by atoms with van der Waals surface area (Å²) < 4.78 is 38.1. The highest BCUT2D eigenvalue weighted by Gasteiger charge is 2.21. The lowest BCUT2D eigenvalue weighted by Gasteiger charge is -2.22. The standard InChI is InChI=1S/C20H24ClFN2O3S2/c1-15-4-9-18(12-19(15)21)24(29(2,26)27)13-20(25)23-10-3-11-28-14-16-5-7-17(22)8-6-16/h4-9,12H,3,10-11,13-14H2,1-2H3,(H,23,25). The van der Waals surface area contributed by atoms with E-state index in [1.165, 1.54) is 18.2 Å². The van der Waals surface area contributed by atoms with Crippen molar-refractivity contribution in [3.8, 4) is 0 Å². The fourth-order valence-corrected chi connectivity index (χ4v) is 4.44. The van der Waals surface area contributed by atoms with Gasteiger partial charge in [-0.15, -0.1) is 0 Å². The molecular formula is C20H24ClFN2O3S2. The highest BCUT2D eigenvalue weighted by Crippen LogP contribution is 2.24. The Kier molecular flexibility index (Phi) is 8.79. The maximum Gasteiger partial charge on any atom is 0.240 e. The second-order valence-electron chi connectivity index (χ2n) is 6.59. The minimum absolute atomic E-state index is 0.252. The van der Waals surface area contributed by atoms with Crippen molar-refractivity contribution in [2.24, 2.45) is 0 Å². The van der Waals surface area contributed by atoms with Crippen LogP contribution in [0.2, 0.25) is 5.02 Å². The number of nitrogens with zero attached hydrogens (tertiary/aromatic N) is 1. The van der Waals surface area contributed by atoms with E-state index in [1.54, 1.807) is 36.0 Å². The quantitative estimate of drug-likeness (QED) is 0.546. The second-order valence-corrected chi connectivity index (χ2v) is 10.0. The normalized spacial score (nSPS) is 11.3. The average Bonchev–Trinajstić information content (AvgIpc) is 2.65. The topological polar surface area (TPSA) is 66.5 Å². The number of benzene rings is 2. The molecule has 0 aliphatic heterocycles. The van der Waals surface area contributed by atoms with Crippen LogP contribution in [0.1, 0.15) is 17.5 Å². The Balaban J connectivity index is 1.78. The molecule has 0 bridgehead atoms. The van der Waals surface area contributed by atoms with Crippen LogP contribution in [0.3, 0.4) is 0 Å². The maximum atomic E-state index is 12.9. The Hall–Kier alpha value is -1.77. The van der Waals surface area contributed by atoms with Gasteiger partial charge in [0, 0.05) is 17.3 Å². The van der Waals surface area contributed by atoms with E-state index in [2.05, 4.69) is 5.32 Å². The lowest BCUT2D eigenvalue weighted by Crippen LogP contribution is -2.40. The number of amides is 1. The predicted molar refractivity (Wildman–Crippen MR) is 119 cm³/mol. The number of sulfonamides is 1. The minimum Gasteiger partial charge on any atom is -0.354 e. The van der Waals surface area contributed by atoms with Crippen molar-refractivity contribution in [1.82, 2.24) is 5.32 Å². The molecule has 2 aromatic carbocycles. The third-order valence-corrected chi connectivity index (χ3v) is 6.76. The first kappa shape index (κ1) is 23.5. The van der Waals surface area contributed by atoms with Gasteiger partial charge in [0.15, 0.2) is 0 Å². The van der Waals surface area contributed by atoms with E-state index in [-0.39, 0.29) is 18.3 Å². The first-order chi connectivity index (χ1) is 13.7. The zero-order valence-electron chi connectivity index (χ0n) is 16.3. The van der Waals surface area contributed by atoms with Gasteiger partial charge in [-0.3, -0.25) is 9.10 Å². The number of hydrogen-bond acceptors (Lipinski definition) is 4. The first-order valence-corrected chi connectivity index (χ1v) is 12.4. The van der Waals surface area contributed by atoms with Crippen LogP contribution in [0.5, 0.6) is 0 Å². The van der Waals surface area contributed by atoms with E-state index in [4.69, 9.17) is 11.6 Å². The number of carbonyl (C=O) groups is 1. The van der Waals surface area contributed by atoms with E-state index in [0.717, 1.165) is 39.6 Å². The number of carbonyl (C=O) groups excluding carboxylic acids is 1. The molecule has 29 heavy (non-hydrogen) atoms. The maximum absolute atomic E-state index is 12.9. The third kappa shape index (κ3) is 7.87. The van der Waals surface area contributed by atoms with Gasteiger partial charge >= 0.3 is 0 Å². The second kappa shape index (κ2) is 10.8. The molecule has 0 saturated carbocycles. The van der Waals surface area contributed by atoms with Gasteiger partial charge in [0.2, 0.25) is 15.9 Å². The number of halogens is 2. The predicted octanol–water partition coefficient (Wildman–Crippen LogP) is 3.99. The van der Waals surface area contributed by atoms with Gasteiger partial charge in [0.25, 0.3) is 0 Å². The Morgan fingerprint density at radius 1 is 1.21 bits per heavy atom. The Morgan fingerprint density at radius 3 is 2.52 bits per heavy atom. The SMILES string of the molecule is Cc1ccc(N(CC(=O)NCCCSCc2ccc(F)cc2)S(C)(=O)=O)cc1Cl. The molecule has 5 nitrogen and oxygen atoms in total. The van der Waals surface area contributed by atoms with Crippen molar-refractivity contribution in [3.05, 3.63) is 64.4 Å². The lowest BCUT2D eigenvalue weighted by atomic mass is 10.2. The summed E-state index contributed by atoms with van der Waals surface area (Å²) in [4.78, 5) is 12.2. The summed E-state index contributed by atoms with van der Waals surface area (Å²) in [7, 11) is -3.63. The fraction of sp³-hybridized carbons (Fsp3) is 0.350. The van der Waals surface area contributed by atoms with Crippen molar-refractivity contribution in [3.63, 3.8) is 0 Å². The zero-order chi connectivity index (χ0) is 21.4. The smallest absolute Gasteiger partial charge is 0.240 e. The van der Waals surface area contributed by atoms with Crippen LogP contribution in [0.25, 0.3) is 0 Å². The fourth-order valence-electron chi connectivity index (χ4n) is 2.50. The molecule has 0 aliphatic rings. The van der Waals surface area contributed by atoms with E-state index in [9.17, 15) is 17.6 Å². The Morgan fingerprint density at radius 2 is 1.90 bits per heavy atom. The average molecular weight is 459 g/mol. The molecule has 2 rings (SSSR count). The summed E-state index contributed by atoms with van der Waals surface area (Å²) in [5, 5.41) is 3.19. The van der Waals surface area contributed by atoms with Crippen LogP contribution in [0, 0.1) is 12.7 Å². The van der Waals surface area contributed by atoms with Crippen molar-refractivity contribution >= 4 is 45.0 Å². The Bertz CT molecular complexity index is 937. The van der Waals surface area contributed by atoms with Gasteiger partial charge < -0.3 is 5.32 Å². The summed E-state index contributed by atoms with van der Waals surface area (Å²) in [5.74, 6) is 0.957. The summed E-state index contributed by atoms with van der Waals surface area (Å²) in [6.45, 7) is 1.96. The van der Waals surface area contributed by atoms with Crippen LogP contribution in [0.4, 0.5) is 10.1 Å². The molecule has 158 valence electrons. The van der Waals surface area contributed by atoms with Crippen LogP contribution < -0.4 is 9.62 Å². The molecule has 0 aromatic heterocycles. The number of nitrogens with one attached hydrogen (secondary N) is 1. The molecule has 0 spiro atoms. The van der Waals surface area contributed by atoms with E-state index in [0.29, 0.717) is 17.3 Å². The molecular weight excluding hydrogens is 435 g/mol. The molecule has 9 heteroatoms. The van der Waals surface area contributed by atoms with Crippen LogP contribution in [-0.2, 0) is 20.6 Å². The molecule has 0 fully saturated rings.